The number of aromatic nitrogens is 1. The molecule has 1 aromatic heterocycles. The summed E-state index contributed by atoms with van der Waals surface area (Å²) in [7, 11) is 0. The molecule has 18 heavy (non-hydrogen) atoms. The number of hydrogen-bond donors (Lipinski definition) is 3. The molecule has 4 N–H and O–H groups in total. The summed E-state index contributed by atoms with van der Waals surface area (Å²) in [5.41, 5.74) is 6.57. The van der Waals surface area contributed by atoms with Crippen LogP contribution < -0.4 is 16.6 Å². The number of carbonyl (C=O) groups excluding carboxylic acids is 1. The Balaban J connectivity index is 2.28. The molecule has 0 saturated heterocycles. The summed E-state index contributed by atoms with van der Waals surface area (Å²) in [5, 5.41) is 3.27. The summed E-state index contributed by atoms with van der Waals surface area (Å²) in [5.74, 6) is -0.376. The average Bonchev–Trinajstić information content (AvgIpc) is 2.28. The number of carbonyl (C=O) groups is 1. The molecule has 0 spiro atoms. The Morgan fingerprint density at radius 2 is 2.22 bits per heavy atom. The summed E-state index contributed by atoms with van der Waals surface area (Å²) < 4.78 is 0. The first kappa shape index (κ1) is 12.8. The van der Waals surface area contributed by atoms with Crippen LogP contribution in [0, 0.1) is 0 Å². The average molecular weight is 249 g/mol. The van der Waals surface area contributed by atoms with Crippen molar-refractivity contribution in [3.63, 3.8) is 0 Å². The number of hydrogen-bond acceptors (Lipinski definition) is 3. The van der Waals surface area contributed by atoms with E-state index in [9.17, 15) is 9.59 Å². The minimum atomic E-state index is -0.755. The minimum absolute atomic E-state index is 0.0631. The third-order valence-corrected chi connectivity index (χ3v) is 3.48. The fourth-order valence-electron chi connectivity index (χ4n) is 2.36. The van der Waals surface area contributed by atoms with Crippen molar-refractivity contribution in [1.29, 1.82) is 0 Å². The maximum Gasteiger partial charge on any atom is 0.248 e. The number of pyridine rings is 1. The first-order valence-corrected chi connectivity index (χ1v) is 6.20. The zero-order valence-electron chi connectivity index (χ0n) is 10.7. The van der Waals surface area contributed by atoms with Crippen molar-refractivity contribution < 1.29 is 4.79 Å². The van der Waals surface area contributed by atoms with Crippen LogP contribution in [0.15, 0.2) is 16.9 Å². The standard InChI is InChI=1S/C13H19N3O2/c1-13(2,12(14)18)16-10-5-3-4-9-8(10)6-7-11(17)15-9/h6-7,10,16H,3-5H2,1-2H3,(H2,14,18)(H,15,17). The second-order valence-corrected chi connectivity index (χ2v) is 5.33. The summed E-state index contributed by atoms with van der Waals surface area (Å²) >= 11 is 0. The predicted octanol–water partition coefficient (Wildman–Crippen LogP) is 0.606. The predicted molar refractivity (Wildman–Crippen MR) is 69.2 cm³/mol. The Morgan fingerprint density at radius 1 is 1.50 bits per heavy atom. The lowest BCUT2D eigenvalue weighted by atomic mass is 9.89. The van der Waals surface area contributed by atoms with Crippen LogP contribution in [0.4, 0.5) is 0 Å². The van der Waals surface area contributed by atoms with E-state index in [4.69, 9.17) is 5.73 Å². The molecule has 98 valence electrons. The monoisotopic (exact) mass is 249 g/mol. The van der Waals surface area contributed by atoms with Crippen LogP contribution in [0.25, 0.3) is 0 Å². The molecule has 1 aliphatic rings. The van der Waals surface area contributed by atoms with Gasteiger partial charge in [-0.05, 0) is 38.7 Å². The lowest BCUT2D eigenvalue weighted by Gasteiger charge is -2.32. The van der Waals surface area contributed by atoms with Crippen molar-refractivity contribution in [2.24, 2.45) is 5.73 Å². The van der Waals surface area contributed by atoms with Crippen molar-refractivity contribution in [2.45, 2.75) is 44.7 Å². The van der Waals surface area contributed by atoms with Gasteiger partial charge in [-0.2, -0.15) is 0 Å². The normalized spacial score (nSPS) is 19.3. The van der Waals surface area contributed by atoms with Gasteiger partial charge in [0.25, 0.3) is 0 Å². The highest BCUT2D eigenvalue weighted by molar-refractivity contribution is 5.83. The maximum absolute atomic E-state index is 11.4. The van der Waals surface area contributed by atoms with Gasteiger partial charge in [0.05, 0.1) is 5.54 Å². The third-order valence-electron chi connectivity index (χ3n) is 3.48. The first-order valence-electron chi connectivity index (χ1n) is 6.20. The molecule has 2 rings (SSSR count). The second kappa shape index (κ2) is 4.57. The smallest absolute Gasteiger partial charge is 0.248 e. The van der Waals surface area contributed by atoms with Gasteiger partial charge in [-0.1, -0.05) is 6.07 Å². The van der Waals surface area contributed by atoms with Crippen molar-refractivity contribution in [2.75, 3.05) is 0 Å². The quantitative estimate of drug-likeness (QED) is 0.733. The van der Waals surface area contributed by atoms with Gasteiger partial charge in [0.2, 0.25) is 11.5 Å². The SMILES string of the molecule is CC(C)(NC1CCCc2[nH]c(=O)ccc21)C(N)=O. The van der Waals surface area contributed by atoms with Gasteiger partial charge in [0, 0.05) is 17.8 Å². The molecule has 0 aromatic carbocycles. The van der Waals surface area contributed by atoms with E-state index in [0.29, 0.717) is 0 Å². The van der Waals surface area contributed by atoms with Crippen LogP contribution in [0.3, 0.4) is 0 Å². The lowest BCUT2D eigenvalue weighted by molar-refractivity contribution is -0.123. The lowest BCUT2D eigenvalue weighted by Crippen LogP contribution is -2.52. The van der Waals surface area contributed by atoms with Crippen LogP contribution in [0.1, 0.15) is 44.0 Å². The van der Waals surface area contributed by atoms with E-state index in [0.717, 1.165) is 30.5 Å². The number of nitrogens with two attached hydrogens (primary N) is 1. The molecule has 1 aliphatic carbocycles. The molecule has 0 aliphatic heterocycles. The fraction of sp³-hybridized carbons (Fsp3) is 0.538. The molecule has 1 aromatic rings. The summed E-state index contributed by atoms with van der Waals surface area (Å²) in [6, 6.07) is 3.42. The molecule has 0 fully saturated rings. The molecular formula is C13H19N3O2. The number of aryl methyl sites for hydroxylation is 1. The van der Waals surface area contributed by atoms with E-state index in [-0.39, 0.29) is 17.5 Å². The molecule has 5 nitrogen and oxygen atoms in total. The van der Waals surface area contributed by atoms with Gasteiger partial charge in [-0.3, -0.25) is 14.9 Å². The summed E-state index contributed by atoms with van der Waals surface area (Å²) in [6.07, 6.45) is 2.80. The molecule has 1 heterocycles. The molecule has 0 bridgehead atoms. The maximum atomic E-state index is 11.4. The minimum Gasteiger partial charge on any atom is -0.368 e. The molecule has 1 atom stereocenters. The van der Waals surface area contributed by atoms with Crippen molar-refractivity contribution >= 4 is 5.91 Å². The Labute approximate surface area is 106 Å². The van der Waals surface area contributed by atoms with Gasteiger partial charge in [0.15, 0.2) is 0 Å². The number of primary amides is 1. The van der Waals surface area contributed by atoms with Crippen LogP contribution in [-0.2, 0) is 11.2 Å². The van der Waals surface area contributed by atoms with Crippen LogP contribution in [0.5, 0.6) is 0 Å². The van der Waals surface area contributed by atoms with Gasteiger partial charge in [-0.15, -0.1) is 0 Å². The van der Waals surface area contributed by atoms with Gasteiger partial charge >= 0.3 is 0 Å². The zero-order valence-corrected chi connectivity index (χ0v) is 10.7. The van der Waals surface area contributed by atoms with Crippen LogP contribution in [0.2, 0.25) is 0 Å². The van der Waals surface area contributed by atoms with Crippen molar-refractivity contribution in [3.05, 3.63) is 33.7 Å². The Hall–Kier alpha value is -1.62. The number of amides is 1. The van der Waals surface area contributed by atoms with E-state index in [1.165, 1.54) is 6.07 Å². The molecule has 0 radical (unpaired) electrons. The molecular weight excluding hydrogens is 230 g/mol. The van der Waals surface area contributed by atoms with Crippen molar-refractivity contribution in [3.8, 4) is 0 Å². The number of rotatable bonds is 3. The van der Waals surface area contributed by atoms with Gasteiger partial charge in [0.1, 0.15) is 0 Å². The number of fused-ring (bicyclic) bond motifs is 1. The molecule has 1 unspecified atom stereocenters. The van der Waals surface area contributed by atoms with Gasteiger partial charge < -0.3 is 10.7 Å². The topological polar surface area (TPSA) is 88.0 Å². The van der Waals surface area contributed by atoms with E-state index in [1.807, 2.05) is 6.07 Å². The molecule has 5 heteroatoms. The van der Waals surface area contributed by atoms with Crippen LogP contribution in [-0.4, -0.2) is 16.4 Å². The highest BCUT2D eigenvalue weighted by Gasteiger charge is 2.30. The number of nitrogens with one attached hydrogen (secondary N) is 2. The zero-order chi connectivity index (χ0) is 13.3. The van der Waals surface area contributed by atoms with E-state index >= 15 is 0 Å². The second-order valence-electron chi connectivity index (χ2n) is 5.33. The summed E-state index contributed by atoms with van der Waals surface area (Å²) in [4.78, 5) is 25.5. The highest BCUT2D eigenvalue weighted by atomic mass is 16.1. The Kier molecular flexibility index (Phi) is 3.26. The van der Waals surface area contributed by atoms with E-state index in [2.05, 4.69) is 10.3 Å². The highest BCUT2D eigenvalue weighted by Crippen LogP contribution is 2.29. The molecule has 0 saturated carbocycles. The molecule has 1 amide bonds. The summed E-state index contributed by atoms with van der Waals surface area (Å²) in [6.45, 7) is 3.55. The number of aromatic amines is 1. The first-order chi connectivity index (χ1) is 8.40. The Bertz CT molecular complexity index is 519. The van der Waals surface area contributed by atoms with E-state index in [1.54, 1.807) is 13.8 Å². The van der Waals surface area contributed by atoms with Crippen LogP contribution >= 0.6 is 0 Å². The number of H-pyrrole nitrogens is 1. The largest absolute Gasteiger partial charge is 0.368 e. The van der Waals surface area contributed by atoms with E-state index < -0.39 is 5.54 Å². The van der Waals surface area contributed by atoms with Crippen molar-refractivity contribution in [1.82, 2.24) is 10.3 Å². The fourth-order valence-corrected chi connectivity index (χ4v) is 2.36. The van der Waals surface area contributed by atoms with Gasteiger partial charge in [-0.25, -0.2) is 0 Å². The third kappa shape index (κ3) is 2.46. The Morgan fingerprint density at radius 3 is 2.89 bits per heavy atom.